The van der Waals surface area contributed by atoms with E-state index in [1.54, 1.807) is 0 Å². The van der Waals surface area contributed by atoms with E-state index in [4.69, 9.17) is 4.74 Å². The Morgan fingerprint density at radius 1 is 1.25 bits per heavy atom. The SMILES string of the molecule is CC(CC(C)(C)c1ccccc1)NC1CC2CCC1O2. The summed E-state index contributed by atoms with van der Waals surface area (Å²) in [5, 5.41) is 3.81. The van der Waals surface area contributed by atoms with Crippen molar-refractivity contribution in [3.63, 3.8) is 0 Å². The quantitative estimate of drug-likeness (QED) is 0.884. The number of rotatable bonds is 5. The fourth-order valence-electron chi connectivity index (χ4n) is 4.01. The highest BCUT2D eigenvalue weighted by molar-refractivity contribution is 5.23. The van der Waals surface area contributed by atoms with Crippen LogP contribution in [0.1, 0.15) is 52.0 Å². The first-order valence-corrected chi connectivity index (χ1v) is 8.01. The van der Waals surface area contributed by atoms with E-state index in [-0.39, 0.29) is 5.41 Å². The van der Waals surface area contributed by atoms with Crippen molar-refractivity contribution in [2.75, 3.05) is 0 Å². The van der Waals surface area contributed by atoms with Crippen LogP contribution in [0.4, 0.5) is 0 Å². The topological polar surface area (TPSA) is 21.3 Å². The zero-order chi connectivity index (χ0) is 14.2. The predicted molar refractivity (Wildman–Crippen MR) is 83.0 cm³/mol. The smallest absolute Gasteiger partial charge is 0.0733 e. The van der Waals surface area contributed by atoms with E-state index in [9.17, 15) is 0 Å². The van der Waals surface area contributed by atoms with Crippen molar-refractivity contribution in [2.24, 2.45) is 0 Å². The van der Waals surface area contributed by atoms with Gasteiger partial charge in [0.1, 0.15) is 0 Å². The molecule has 0 saturated carbocycles. The lowest BCUT2D eigenvalue weighted by atomic mass is 9.79. The van der Waals surface area contributed by atoms with Gasteiger partial charge in [0.25, 0.3) is 0 Å². The van der Waals surface area contributed by atoms with E-state index >= 15 is 0 Å². The fourth-order valence-corrected chi connectivity index (χ4v) is 4.01. The maximum absolute atomic E-state index is 5.94. The molecule has 2 bridgehead atoms. The van der Waals surface area contributed by atoms with Crippen molar-refractivity contribution in [1.29, 1.82) is 0 Å². The van der Waals surface area contributed by atoms with Crippen LogP contribution in [0.3, 0.4) is 0 Å². The molecule has 110 valence electrons. The van der Waals surface area contributed by atoms with E-state index in [0.717, 1.165) is 6.42 Å². The summed E-state index contributed by atoms with van der Waals surface area (Å²) in [6.45, 7) is 7.01. The molecule has 2 fully saturated rings. The molecule has 1 aromatic rings. The summed E-state index contributed by atoms with van der Waals surface area (Å²) in [6, 6.07) is 12.0. The highest BCUT2D eigenvalue weighted by atomic mass is 16.5. The molecule has 0 radical (unpaired) electrons. The Morgan fingerprint density at radius 2 is 2.00 bits per heavy atom. The lowest BCUT2D eigenvalue weighted by molar-refractivity contribution is 0.0957. The normalized spacial score (nSPS) is 30.6. The van der Waals surface area contributed by atoms with Gasteiger partial charge >= 0.3 is 0 Å². The average molecular weight is 273 g/mol. The summed E-state index contributed by atoms with van der Waals surface area (Å²) in [7, 11) is 0. The van der Waals surface area contributed by atoms with Crippen LogP contribution >= 0.6 is 0 Å². The van der Waals surface area contributed by atoms with Crippen molar-refractivity contribution in [3.05, 3.63) is 35.9 Å². The minimum absolute atomic E-state index is 0.214. The third kappa shape index (κ3) is 2.91. The molecule has 20 heavy (non-hydrogen) atoms. The Morgan fingerprint density at radius 3 is 2.60 bits per heavy atom. The zero-order valence-electron chi connectivity index (χ0n) is 12.9. The molecule has 0 aromatic heterocycles. The first kappa shape index (κ1) is 14.1. The fraction of sp³-hybridized carbons (Fsp3) is 0.667. The Bertz CT molecular complexity index is 442. The van der Waals surface area contributed by atoms with Crippen molar-refractivity contribution in [1.82, 2.24) is 5.32 Å². The second kappa shape index (κ2) is 5.50. The van der Waals surface area contributed by atoms with Gasteiger partial charge in [-0.05, 0) is 43.6 Å². The van der Waals surface area contributed by atoms with Crippen molar-refractivity contribution >= 4 is 0 Å². The number of hydrogen-bond donors (Lipinski definition) is 1. The van der Waals surface area contributed by atoms with Gasteiger partial charge in [-0.15, -0.1) is 0 Å². The molecule has 2 aliphatic rings. The molecule has 1 N–H and O–H groups in total. The van der Waals surface area contributed by atoms with E-state index in [0.29, 0.717) is 24.3 Å². The standard InChI is InChI=1S/C18H27NO/c1-13(19-16-11-15-9-10-17(16)20-15)12-18(2,3)14-7-5-4-6-8-14/h4-8,13,15-17,19H,9-12H2,1-3H3. The number of fused-ring (bicyclic) bond motifs is 2. The second-order valence-corrected chi connectivity index (χ2v) is 7.24. The van der Waals surface area contributed by atoms with Crippen LogP contribution in [-0.4, -0.2) is 24.3 Å². The molecule has 0 aliphatic carbocycles. The van der Waals surface area contributed by atoms with Gasteiger partial charge in [-0.25, -0.2) is 0 Å². The van der Waals surface area contributed by atoms with Crippen LogP contribution < -0.4 is 5.32 Å². The predicted octanol–water partition coefficient (Wildman–Crippen LogP) is 3.65. The second-order valence-electron chi connectivity index (χ2n) is 7.24. The number of nitrogens with one attached hydrogen (secondary N) is 1. The molecule has 0 amide bonds. The van der Waals surface area contributed by atoms with Gasteiger partial charge in [0, 0.05) is 12.1 Å². The third-order valence-electron chi connectivity index (χ3n) is 4.98. The van der Waals surface area contributed by atoms with Gasteiger partial charge < -0.3 is 10.1 Å². The van der Waals surface area contributed by atoms with Crippen molar-refractivity contribution in [3.8, 4) is 0 Å². The van der Waals surface area contributed by atoms with E-state index in [2.05, 4.69) is 56.4 Å². The highest BCUT2D eigenvalue weighted by Crippen LogP contribution is 2.35. The Hall–Kier alpha value is -0.860. The number of ether oxygens (including phenoxy) is 1. The number of benzene rings is 1. The summed E-state index contributed by atoms with van der Waals surface area (Å²) < 4.78 is 5.94. The lowest BCUT2D eigenvalue weighted by Crippen LogP contribution is -2.44. The van der Waals surface area contributed by atoms with Crippen LogP contribution in [0.5, 0.6) is 0 Å². The molecular formula is C18H27NO. The Labute approximate surface area is 122 Å². The largest absolute Gasteiger partial charge is 0.373 e. The Kier molecular flexibility index (Phi) is 3.87. The number of hydrogen-bond acceptors (Lipinski definition) is 2. The molecule has 1 aromatic carbocycles. The summed E-state index contributed by atoms with van der Waals surface area (Å²) in [6.07, 6.45) is 5.89. The molecule has 2 saturated heterocycles. The minimum Gasteiger partial charge on any atom is -0.373 e. The molecule has 2 nitrogen and oxygen atoms in total. The van der Waals surface area contributed by atoms with Gasteiger partial charge in [-0.1, -0.05) is 44.2 Å². The van der Waals surface area contributed by atoms with Crippen LogP contribution in [0.25, 0.3) is 0 Å². The van der Waals surface area contributed by atoms with Gasteiger partial charge in [-0.3, -0.25) is 0 Å². The van der Waals surface area contributed by atoms with E-state index in [1.807, 2.05) is 0 Å². The molecule has 4 unspecified atom stereocenters. The summed E-state index contributed by atoms with van der Waals surface area (Å²) in [4.78, 5) is 0. The Balaban J connectivity index is 1.57. The monoisotopic (exact) mass is 273 g/mol. The van der Waals surface area contributed by atoms with Gasteiger partial charge in [-0.2, -0.15) is 0 Å². The molecule has 2 heteroatoms. The van der Waals surface area contributed by atoms with Crippen LogP contribution in [0, 0.1) is 0 Å². The summed E-state index contributed by atoms with van der Waals surface area (Å²) >= 11 is 0. The molecule has 0 spiro atoms. The molecule has 2 heterocycles. The maximum Gasteiger partial charge on any atom is 0.0733 e. The highest BCUT2D eigenvalue weighted by Gasteiger charge is 2.41. The molecule has 2 aliphatic heterocycles. The van der Waals surface area contributed by atoms with Crippen molar-refractivity contribution < 1.29 is 4.74 Å². The minimum atomic E-state index is 0.214. The maximum atomic E-state index is 5.94. The van der Waals surface area contributed by atoms with Crippen LogP contribution in [0.15, 0.2) is 30.3 Å². The first-order chi connectivity index (χ1) is 9.54. The molecule has 4 atom stereocenters. The van der Waals surface area contributed by atoms with E-state index < -0.39 is 0 Å². The third-order valence-corrected chi connectivity index (χ3v) is 4.98. The van der Waals surface area contributed by atoms with Gasteiger partial charge in [0.05, 0.1) is 12.2 Å². The van der Waals surface area contributed by atoms with Crippen LogP contribution in [0.2, 0.25) is 0 Å². The first-order valence-electron chi connectivity index (χ1n) is 8.01. The van der Waals surface area contributed by atoms with Crippen LogP contribution in [-0.2, 0) is 10.2 Å². The summed E-state index contributed by atoms with van der Waals surface area (Å²) in [5.74, 6) is 0. The zero-order valence-corrected chi connectivity index (χ0v) is 12.9. The lowest BCUT2D eigenvalue weighted by Gasteiger charge is -2.32. The van der Waals surface area contributed by atoms with Crippen molar-refractivity contribution in [2.45, 2.75) is 76.2 Å². The molecule has 3 rings (SSSR count). The van der Waals surface area contributed by atoms with Gasteiger partial charge in [0.15, 0.2) is 0 Å². The average Bonchev–Trinajstić information content (AvgIpc) is 3.01. The van der Waals surface area contributed by atoms with E-state index in [1.165, 1.54) is 24.8 Å². The summed E-state index contributed by atoms with van der Waals surface area (Å²) in [5.41, 5.74) is 1.64. The van der Waals surface area contributed by atoms with Gasteiger partial charge in [0.2, 0.25) is 0 Å². The molecular weight excluding hydrogens is 246 g/mol.